The minimum Gasteiger partial charge on any atom is -0.396 e. The molecule has 1 aromatic rings. The smallest absolute Gasteiger partial charge is 0.0563 e. The van der Waals surface area contributed by atoms with E-state index in [2.05, 4.69) is 10.4 Å². The van der Waals surface area contributed by atoms with Crippen molar-refractivity contribution in [2.24, 2.45) is 0 Å². The van der Waals surface area contributed by atoms with Gasteiger partial charge in [0.1, 0.15) is 0 Å². The molecule has 0 aliphatic heterocycles. The fourth-order valence-electron chi connectivity index (χ4n) is 1.28. The summed E-state index contributed by atoms with van der Waals surface area (Å²) in [7, 11) is 1.90. The zero-order chi connectivity index (χ0) is 9.68. The van der Waals surface area contributed by atoms with E-state index in [0.29, 0.717) is 6.04 Å². The number of aliphatic hydroxyl groups is 1. The Kier molecular flexibility index (Phi) is 3.92. The number of hydrogen-bond acceptors (Lipinski definition) is 3. The summed E-state index contributed by atoms with van der Waals surface area (Å²) in [5.41, 5.74) is 1.17. The number of hydrogen-bond donors (Lipinski definition) is 2. The van der Waals surface area contributed by atoms with Crippen molar-refractivity contribution in [2.75, 3.05) is 13.7 Å². The van der Waals surface area contributed by atoms with Gasteiger partial charge in [0.05, 0.1) is 12.7 Å². The first-order chi connectivity index (χ1) is 6.26. The summed E-state index contributed by atoms with van der Waals surface area (Å²) in [5.74, 6) is 0. The van der Waals surface area contributed by atoms with Crippen LogP contribution in [0.5, 0.6) is 0 Å². The highest BCUT2D eigenvalue weighted by Gasteiger charge is 2.06. The maximum atomic E-state index is 8.78. The SMILES string of the molecule is CNC(CCO)Cn1cc(C)cn1. The van der Waals surface area contributed by atoms with Crippen LogP contribution in [0.15, 0.2) is 12.4 Å². The van der Waals surface area contributed by atoms with Gasteiger partial charge in [-0.15, -0.1) is 0 Å². The molecule has 1 heterocycles. The van der Waals surface area contributed by atoms with Crippen molar-refractivity contribution in [3.8, 4) is 0 Å². The average Bonchev–Trinajstić information content (AvgIpc) is 2.50. The van der Waals surface area contributed by atoms with Crippen molar-refractivity contribution in [1.29, 1.82) is 0 Å². The lowest BCUT2D eigenvalue weighted by molar-refractivity contribution is 0.258. The maximum absolute atomic E-state index is 8.78. The molecule has 1 rings (SSSR count). The number of rotatable bonds is 5. The number of nitrogens with one attached hydrogen (secondary N) is 1. The molecular formula is C9H17N3O. The molecule has 74 valence electrons. The first kappa shape index (κ1) is 10.2. The zero-order valence-electron chi connectivity index (χ0n) is 8.20. The predicted octanol–water partition coefficient (Wildman–Crippen LogP) is 0.162. The van der Waals surface area contributed by atoms with E-state index in [0.717, 1.165) is 13.0 Å². The Morgan fingerprint density at radius 1 is 1.69 bits per heavy atom. The van der Waals surface area contributed by atoms with Crippen molar-refractivity contribution >= 4 is 0 Å². The Balaban J connectivity index is 2.46. The largest absolute Gasteiger partial charge is 0.396 e. The molecule has 0 aliphatic carbocycles. The topological polar surface area (TPSA) is 50.1 Å². The highest BCUT2D eigenvalue weighted by atomic mass is 16.3. The molecule has 4 heteroatoms. The van der Waals surface area contributed by atoms with Gasteiger partial charge >= 0.3 is 0 Å². The first-order valence-corrected chi connectivity index (χ1v) is 4.53. The third kappa shape index (κ3) is 3.16. The third-order valence-corrected chi connectivity index (χ3v) is 2.06. The van der Waals surface area contributed by atoms with E-state index in [1.54, 1.807) is 0 Å². The molecule has 1 unspecified atom stereocenters. The molecule has 1 atom stereocenters. The number of nitrogens with zero attached hydrogens (tertiary/aromatic N) is 2. The fraction of sp³-hybridized carbons (Fsp3) is 0.667. The summed E-state index contributed by atoms with van der Waals surface area (Å²) < 4.78 is 1.90. The Labute approximate surface area is 78.6 Å². The van der Waals surface area contributed by atoms with Crippen molar-refractivity contribution in [3.63, 3.8) is 0 Å². The maximum Gasteiger partial charge on any atom is 0.0563 e. The lowest BCUT2D eigenvalue weighted by atomic mass is 10.2. The number of likely N-dealkylation sites (N-methyl/N-ethyl adjacent to an activating group) is 1. The third-order valence-electron chi connectivity index (χ3n) is 2.06. The van der Waals surface area contributed by atoms with Crippen LogP contribution in [-0.2, 0) is 6.54 Å². The number of aliphatic hydroxyl groups excluding tert-OH is 1. The monoisotopic (exact) mass is 183 g/mol. The van der Waals surface area contributed by atoms with Gasteiger partial charge in [0, 0.05) is 18.8 Å². The molecule has 0 aromatic carbocycles. The highest BCUT2D eigenvalue weighted by Crippen LogP contribution is 1.98. The molecule has 13 heavy (non-hydrogen) atoms. The van der Waals surface area contributed by atoms with Crippen molar-refractivity contribution < 1.29 is 5.11 Å². The Morgan fingerprint density at radius 3 is 2.92 bits per heavy atom. The van der Waals surface area contributed by atoms with Crippen LogP contribution in [-0.4, -0.2) is 34.6 Å². The molecule has 0 fully saturated rings. The van der Waals surface area contributed by atoms with Crippen LogP contribution in [0, 0.1) is 6.92 Å². The van der Waals surface area contributed by atoms with Gasteiger partial charge < -0.3 is 10.4 Å². The molecular weight excluding hydrogens is 166 g/mol. The van der Waals surface area contributed by atoms with Crippen LogP contribution >= 0.6 is 0 Å². The van der Waals surface area contributed by atoms with E-state index in [1.165, 1.54) is 5.56 Å². The fourth-order valence-corrected chi connectivity index (χ4v) is 1.28. The molecule has 0 amide bonds. The molecule has 0 bridgehead atoms. The van der Waals surface area contributed by atoms with Gasteiger partial charge in [-0.2, -0.15) is 5.10 Å². The second-order valence-corrected chi connectivity index (χ2v) is 3.24. The van der Waals surface area contributed by atoms with Gasteiger partial charge in [0.2, 0.25) is 0 Å². The van der Waals surface area contributed by atoms with E-state index in [4.69, 9.17) is 5.11 Å². The summed E-state index contributed by atoms with van der Waals surface area (Å²) in [5, 5.41) is 16.1. The predicted molar refractivity (Wildman–Crippen MR) is 51.5 cm³/mol. The van der Waals surface area contributed by atoms with E-state index in [-0.39, 0.29) is 6.61 Å². The van der Waals surface area contributed by atoms with E-state index in [1.807, 2.05) is 31.0 Å². The second kappa shape index (κ2) is 4.99. The molecule has 0 aliphatic rings. The van der Waals surface area contributed by atoms with Crippen LogP contribution < -0.4 is 5.32 Å². The summed E-state index contributed by atoms with van der Waals surface area (Å²) in [6.07, 6.45) is 4.60. The van der Waals surface area contributed by atoms with Gasteiger partial charge in [-0.05, 0) is 26.0 Å². The summed E-state index contributed by atoms with van der Waals surface area (Å²) >= 11 is 0. The summed E-state index contributed by atoms with van der Waals surface area (Å²) in [6, 6.07) is 0.296. The summed E-state index contributed by atoms with van der Waals surface area (Å²) in [6.45, 7) is 3.04. The Bertz CT molecular complexity index is 247. The van der Waals surface area contributed by atoms with Crippen LogP contribution in [0.2, 0.25) is 0 Å². The lowest BCUT2D eigenvalue weighted by Gasteiger charge is -2.14. The molecule has 4 nitrogen and oxygen atoms in total. The molecule has 0 spiro atoms. The van der Waals surface area contributed by atoms with Gasteiger partial charge in [0.25, 0.3) is 0 Å². The first-order valence-electron chi connectivity index (χ1n) is 4.53. The van der Waals surface area contributed by atoms with Crippen molar-refractivity contribution in [3.05, 3.63) is 18.0 Å². The van der Waals surface area contributed by atoms with Gasteiger partial charge in [-0.25, -0.2) is 0 Å². The molecule has 2 N–H and O–H groups in total. The van der Waals surface area contributed by atoms with Gasteiger partial charge in [-0.1, -0.05) is 0 Å². The van der Waals surface area contributed by atoms with Crippen molar-refractivity contribution in [2.45, 2.75) is 25.9 Å². The quantitative estimate of drug-likeness (QED) is 0.684. The van der Waals surface area contributed by atoms with Crippen LogP contribution in [0.3, 0.4) is 0 Å². The lowest BCUT2D eigenvalue weighted by Crippen LogP contribution is -2.31. The normalized spacial score (nSPS) is 13.2. The van der Waals surface area contributed by atoms with E-state index < -0.39 is 0 Å². The number of aryl methyl sites for hydroxylation is 1. The van der Waals surface area contributed by atoms with Crippen LogP contribution in [0.25, 0.3) is 0 Å². The van der Waals surface area contributed by atoms with Crippen molar-refractivity contribution in [1.82, 2.24) is 15.1 Å². The zero-order valence-corrected chi connectivity index (χ0v) is 8.20. The van der Waals surface area contributed by atoms with E-state index >= 15 is 0 Å². The summed E-state index contributed by atoms with van der Waals surface area (Å²) in [4.78, 5) is 0. The average molecular weight is 183 g/mol. The Hall–Kier alpha value is -0.870. The van der Waals surface area contributed by atoms with Gasteiger partial charge in [0.15, 0.2) is 0 Å². The Morgan fingerprint density at radius 2 is 2.46 bits per heavy atom. The van der Waals surface area contributed by atoms with E-state index in [9.17, 15) is 0 Å². The number of aromatic nitrogens is 2. The second-order valence-electron chi connectivity index (χ2n) is 3.24. The molecule has 1 aromatic heterocycles. The minimum absolute atomic E-state index is 0.214. The van der Waals surface area contributed by atoms with Gasteiger partial charge in [-0.3, -0.25) is 4.68 Å². The standard InChI is InChI=1S/C9H17N3O/c1-8-5-11-12(6-8)7-9(10-2)3-4-13/h5-6,9-10,13H,3-4,7H2,1-2H3. The highest BCUT2D eigenvalue weighted by molar-refractivity contribution is 4.99. The van der Waals surface area contributed by atoms with Crippen LogP contribution in [0.4, 0.5) is 0 Å². The molecule has 0 saturated carbocycles. The molecule has 0 radical (unpaired) electrons. The molecule has 0 saturated heterocycles. The van der Waals surface area contributed by atoms with Crippen LogP contribution in [0.1, 0.15) is 12.0 Å². The minimum atomic E-state index is 0.214.